The molecular weight excluding hydrogens is 192 g/mol. The molecule has 4 heteroatoms. The summed E-state index contributed by atoms with van der Waals surface area (Å²) in [5.74, 6) is -1.23. The zero-order valence-electron chi connectivity index (χ0n) is 6.62. The Bertz CT molecular complexity index is 329. The highest BCUT2D eigenvalue weighted by Gasteiger charge is 1.99. The van der Waals surface area contributed by atoms with Gasteiger partial charge in [0, 0.05) is 6.42 Å². The molecule has 0 saturated heterocycles. The lowest BCUT2D eigenvalue weighted by Crippen LogP contribution is -2.22. The smallest absolute Gasteiger partial charge is 0.226 e. The largest absolute Gasteiger partial charge is 0.545 e. The maximum Gasteiger partial charge on any atom is 0.226 e. The average molecular weight is 198 g/mol. The standard InChI is InChI=1S/C9H7ClO3/c10-8(11)5-6-1-3-7(4-2-6)9(12)13/h1-4H,5H2,(H,12,13)/p-1. The highest BCUT2D eigenvalue weighted by atomic mass is 35.5. The maximum atomic E-state index is 10.5. The summed E-state index contributed by atoms with van der Waals surface area (Å²) in [7, 11) is 0. The first-order valence-corrected chi connectivity index (χ1v) is 3.96. The molecule has 1 rings (SSSR count). The van der Waals surface area contributed by atoms with Crippen LogP contribution in [0.2, 0.25) is 0 Å². The van der Waals surface area contributed by atoms with Gasteiger partial charge in [-0.05, 0) is 22.7 Å². The third-order valence-corrected chi connectivity index (χ3v) is 1.67. The number of carbonyl (C=O) groups excluding carboxylic acids is 2. The van der Waals surface area contributed by atoms with E-state index in [1.165, 1.54) is 24.3 Å². The Kier molecular flexibility index (Phi) is 3.03. The van der Waals surface area contributed by atoms with Crippen LogP contribution in [0.3, 0.4) is 0 Å². The number of aromatic carboxylic acids is 1. The van der Waals surface area contributed by atoms with E-state index in [2.05, 4.69) is 0 Å². The predicted octanol–water partition coefficient (Wildman–Crippen LogP) is 0.358. The van der Waals surface area contributed by atoms with Gasteiger partial charge in [0.05, 0.1) is 5.97 Å². The van der Waals surface area contributed by atoms with Crippen molar-refractivity contribution in [1.29, 1.82) is 0 Å². The number of carboxylic acid groups (broad SMARTS) is 1. The highest BCUT2D eigenvalue weighted by molar-refractivity contribution is 6.63. The van der Waals surface area contributed by atoms with Gasteiger partial charge < -0.3 is 9.90 Å². The molecule has 1 aromatic rings. The maximum absolute atomic E-state index is 10.5. The van der Waals surface area contributed by atoms with Crippen LogP contribution in [0.4, 0.5) is 0 Å². The van der Waals surface area contributed by atoms with E-state index in [1.807, 2.05) is 0 Å². The van der Waals surface area contributed by atoms with Gasteiger partial charge in [0.1, 0.15) is 0 Å². The van der Waals surface area contributed by atoms with Gasteiger partial charge in [-0.15, -0.1) is 0 Å². The van der Waals surface area contributed by atoms with Crippen LogP contribution in [-0.4, -0.2) is 11.2 Å². The topological polar surface area (TPSA) is 57.2 Å². The molecule has 0 atom stereocenters. The summed E-state index contributed by atoms with van der Waals surface area (Å²) >= 11 is 5.15. The Hall–Kier alpha value is -1.35. The van der Waals surface area contributed by atoms with E-state index in [0.717, 1.165) is 0 Å². The number of carboxylic acids is 1. The zero-order chi connectivity index (χ0) is 9.84. The zero-order valence-corrected chi connectivity index (χ0v) is 7.38. The molecule has 0 spiro atoms. The second kappa shape index (κ2) is 4.05. The molecule has 0 amide bonds. The Morgan fingerprint density at radius 3 is 2.15 bits per heavy atom. The number of carbonyl (C=O) groups is 2. The second-order valence-electron chi connectivity index (χ2n) is 2.52. The highest BCUT2D eigenvalue weighted by Crippen LogP contribution is 2.05. The van der Waals surface area contributed by atoms with E-state index in [4.69, 9.17) is 11.6 Å². The molecule has 68 valence electrons. The van der Waals surface area contributed by atoms with E-state index in [9.17, 15) is 14.7 Å². The van der Waals surface area contributed by atoms with Crippen molar-refractivity contribution in [3.8, 4) is 0 Å². The minimum absolute atomic E-state index is 0.0887. The lowest BCUT2D eigenvalue weighted by atomic mass is 10.1. The number of benzene rings is 1. The van der Waals surface area contributed by atoms with Crippen LogP contribution < -0.4 is 5.11 Å². The lowest BCUT2D eigenvalue weighted by molar-refractivity contribution is -0.255. The van der Waals surface area contributed by atoms with Crippen LogP contribution in [0.1, 0.15) is 15.9 Å². The minimum Gasteiger partial charge on any atom is -0.545 e. The van der Waals surface area contributed by atoms with Gasteiger partial charge in [0.15, 0.2) is 0 Å². The average Bonchev–Trinajstić information content (AvgIpc) is 2.04. The van der Waals surface area contributed by atoms with E-state index >= 15 is 0 Å². The number of hydrogen-bond acceptors (Lipinski definition) is 3. The fraction of sp³-hybridized carbons (Fsp3) is 0.111. The van der Waals surface area contributed by atoms with Gasteiger partial charge in [0.25, 0.3) is 0 Å². The van der Waals surface area contributed by atoms with Crippen molar-refractivity contribution in [1.82, 2.24) is 0 Å². The van der Waals surface area contributed by atoms with Gasteiger partial charge in [-0.1, -0.05) is 24.3 Å². The third-order valence-electron chi connectivity index (χ3n) is 1.53. The molecule has 0 saturated carbocycles. The molecular formula is C9H6ClO3-. The van der Waals surface area contributed by atoms with E-state index in [0.29, 0.717) is 5.56 Å². The van der Waals surface area contributed by atoms with Crippen molar-refractivity contribution in [3.63, 3.8) is 0 Å². The monoisotopic (exact) mass is 197 g/mol. The Balaban J connectivity index is 2.81. The van der Waals surface area contributed by atoms with E-state index < -0.39 is 11.2 Å². The first-order chi connectivity index (χ1) is 6.09. The van der Waals surface area contributed by atoms with Crippen LogP contribution in [0.15, 0.2) is 24.3 Å². The molecule has 0 aliphatic rings. The second-order valence-corrected chi connectivity index (χ2v) is 2.94. The van der Waals surface area contributed by atoms with Gasteiger partial charge in [0.2, 0.25) is 5.24 Å². The molecule has 0 bridgehead atoms. The number of rotatable bonds is 3. The fourth-order valence-electron chi connectivity index (χ4n) is 0.919. The number of halogens is 1. The van der Waals surface area contributed by atoms with Crippen molar-refractivity contribution < 1.29 is 14.7 Å². The fourth-order valence-corrected chi connectivity index (χ4v) is 1.07. The summed E-state index contributed by atoms with van der Waals surface area (Å²) in [6.07, 6.45) is 0.106. The molecule has 1 aromatic carbocycles. The lowest BCUT2D eigenvalue weighted by Gasteiger charge is -2.02. The van der Waals surface area contributed by atoms with Crippen molar-refractivity contribution in [2.24, 2.45) is 0 Å². The molecule has 0 unspecified atom stereocenters. The summed E-state index contributed by atoms with van der Waals surface area (Å²) in [5, 5.41) is 9.86. The first-order valence-electron chi connectivity index (χ1n) is 3.58. The van der Waals surface area contributed by atoms with Gasteiger partial charge in [-0.25, -0.2) is 0 Å². The molecule has 0 aliphatic heterocycles. The summed E-state index contributed by atoms with van der Waals surface area (Å²) in [5.41, 5.74) is 0.774. The van der Waals surface area contributed by atoms with Crippen LogP contribution in [0.25, 0.3) is 0 Å². The molecule has 13 heavy (non-hydrogen) atoms. The van der Waals surface area contributed by atoms with Crippen molar-refractivity contribution >= 4 is 22.8 Å². The van der Waals surface area contributed by atoms with Gasteiger partial charge >= 0.3 is 0 Å². The van der Waals surface area contributed by atoms with Crippen molar-refractivity contribution in [3.05, 3.63) is 35.4 Å². The van der Waals surface area contributed by atoms with Crippen LogP contribution in [-0.2, 0) is 11.2 Å². The van der Waals surface area contributed by atoms with Gasteiger partial charge in [-0.2, -0.15) is 0 Å². The number of hydrogen-bond donors (Lipinski definition) is 0. The SMILES string of the molecule is O=C(Cl)Cc1ccc(C(=O)[O-])cc1. The molecule has 0 fully saturated rings. The third kappa shape index (κ3) is 2.87. The molecule has 0 heterocycles. The quantitative estimate of drug-likeness (QED) is 0.658. The first kappa shape index (κ1) is 9.74. The molecule has 3 nitrogen and oxygen atoms in total. The summed E-state index contributed by atoms with van der Waals surface area (Å²) in [6.45, 7) is 0. The molecule has 0 N–H and O–H groups in total. The Morgan fingerprint density at radius 2 is 1.77 bits per heavy atom. The van der Waals surface area contributed by atoms with E-state index in [-0.39, 0.29) is 12.0 Å². The summed E-state index contributed by atoms with van der Waals surface area (Å²) in [6, 6.07) is 5.83. The normalized spacial score (nSPS) is 9.62. The van der Waals surface area contributed by atoms with Crippen LogP contribution >= 0.6 is 11.6 Å². The molecule has 0 radical (unpaired) electrons. The minimum atomic E-state index is -1.23. The van der Waals surface area contributed by atoms with Crippen molar-refractivity contribution in [2.45, 2.75) is 6.42 Å². The summed E-state index contributed by atoms with van der Waals surface area (Å²) < 4.78 is 0. The van der Waals surface area contributed by atoms with Crippen LogP contribution in [0.5, 0.6) is 0 Å². The van der Waals surface area contributed by atoms with E-state index in [1.54, 1.807) is 0 Å². The Labute approximate surface area is 79.9 Å². The van der Waals surface area contributed by atoms with Gasteiger partial charge in [-0.3, -0.25) is 4.79 Å². The van der Waals surface area contributed by atoms with Crippen molar-refractivity contribution in [2.75, 3.05) is 0 Å². The molecule has 0 aliphatic carbocycles. The predicted molar refractivity (Wildman–Crippen MR) is 45.3 cm³/mol. The molecule has 0 aromatic heterocycles. The summed E-state index contributed by atoms with van der Waals surface area (Å²) in [4.78, 5) is 20.8. The van der Waals surface area contributed by atoms with Crippen LogP contribution in [0, 0.1) is 0 Å². The Morgan fingerprint density at radius 1 is 1.23 bits per heavy atom.